The van der Waals surface area contributed by atoms with Crippen LogP contribution in [0.4, 0.5) is 4.39 Å². The van der Waals surface area contributed by atoms with E-state index >= 15 is 0 Å². The molecule has 2 aromatic rings. The van der Waals surface area contributed by atoms with E-state index in [1.165, 1.54) is 25.2 Å². The summed E-state index contributed by atoms with van der Waals surface area (Å²) in [6.07, 6.45) is 0. The predicted octanol–water partition coefficient (Wildman–Crippen LogP) is 1.32. The third-order valence-electron chi connectivity index (χ3n) is 2.16. The number of rotatable bonds is 2. The van der Waals surface area contributed by atoms with Gasteiger partial charge in [-0.3, -0.25) is 0 Å². The van der Waals surface area contributed by atoms with Crippen molar-refractivity contribution in [1.29, 1.82) is 0 Å². The van der Waals surface area contributed by atoms with Gasteiger partial charge in [0.1, 0.15) is 11.5 Å². The molecule has 0 saturated carbocycles. The number of hydrogen-bond acceptors (Lipinski definition) is 3. The molecule has 2 rings (SSSR count). The number of aromatic carboxylic acids is 1. The first-order chi connectivity index (χ1) is 7.61. The number of benzene rings is 1. The number of aryl methyl sites for hydroxylation is 1. The summed E-state index contributed by atoms with van der Waals surface area (Å²) in [5.41, 5.74) is 0.0335. The maximum absolute atomic E-state index is 13.5. The van der Waals surface area contributed by atoms with E-state index < -0.39 is 11.8 Å². The van der Waals surface area contributed by atoms with E-state index in [1.54, 1.807) is 6.07 Å². The maximum Gasteiger partial charge on any atom is 0.356 e. The summed E-state index contributed by atoms with van der Waals surface area (Å²) in [4.78, 5) is 11.0. The monoisotopic (exact) mass is 221 g/mol. The predicted molar refractivity (Wildman–Crippen MR) is 53.4 cm³/mol. The summed E-state index contributed by atoms with van der Waals surface area (Å²) in [5, 5.41) is 16.2. The number of carboxylic acid groups (broad SMARTS) is 1. The molecule has 0 amide bonds. The van der Waals surface area contributed by atoms with Crippen LogP contribution in [0.25, 0.3) is 11.3 Å². The van der Waals surface area contributed by atoms with Crippen LogP contribution in [0.2, 0.25) is 0 Å². The van der Waals surface area contributed by atoms with Crippen LogP contribution in [-0.2, 0) is 7.05 Å². The molecule has 0 atom stereocenters. The van der Waals surface area contributed by atoms with Crippen molar-refractivity contribution in [2.45, 2.75) is 0 Å². The quantitative estimate of drug-likeness (QED) is 0.830. The van der Waals surface area contributed by atoms with Crippen LogP contribution in [-0.4, -0.2) is 26.1 Å². The lowest BCUT2D eigenvalue weighted by Gasteiger charge is -2.00. The van der Waals surface area contributed by atoms with Crippen molar-refractivity contribution >= 4 is 5.97 Å². The van der Waals surface area contributed by atoms with Crippen molar-refractivity contribution < 1.29 is 14.3 Å². The highest BCUT2D eigenvalue weighted by atomic mass is 19.1. The summed E-state index contributed by atoms with van der Waals surface area (Å²) >= 11 is 0. The molecule has 16 heavy (non-hydrogen) atoms. The van der Waals surface area contributed by atoms with Crippen molar-refractivity contribution in [3.63, 3.8) is 0 Å². The zero-order chi connectivity index (χ0) is 11.7. The average molecular weight is 221 g/mol. The molecular formula is C10H8FN3O2. The van der Waals surface area contributed by atoms with Crippen LogP contribution in [0.5, 0.6) is 0 Å². The highest BCUT2D eigenvalue weighted by Crippen LogP contribution is 2.23. The van der Waals surface area contributed by atoms with Crippen molar-refractivity contribution in [3.05, 3.63) is 35.8 Å². The van der Waals surface area contributed by atoms with E-state index in [4.69, 9.17) is 5.11 Å². The van der Waals surface area contributed by atoms with Gasteiger partial charge in [0.15, 0.2) is 5.69 Å². The lowest BCUT2D eigenvalue weighted by atomic mass is 10.1. The smallest absolute Gasteiger partial charge is 0.356 e. The lowest BCUT2D eigenvalue weighted by molar-refractivity contribution is 0.0686. The maximum atomic E-state index is 13.5. The van der Waals surface area contributed by atoms with E-state index in [0.29, 0.717) is 0 Å². The third-order valence-corrected chi connectivity index (χ3v) is 2.16. The first-order valence-electron chi connectivity index (χ1n) is 4.49. The standard InChI is InChI=1S/C10H8FN3O2/c1-14-9(10(15)16)8(12-13-14)6-4-2-3-5-7(6)11/h2-5H,1H3,(H,15,16). The molecule has 82 valence electrons. The molecule has 0 bridgehead atoms. The second-order valence-corrected chi connectivity index (χ2v) is 3.20. The van der Waals surface area contributed by atoms with Crippen molar-refractivity contribution in [2.24, 2.45) is 7.05 Å². The minimum absolute atomic E-state index is 0.0353. The van der Waals surface area contributed by atoms with Gasteiger partial charge in [0, 0.05) is 12.6 Å². The molecule has 0 aliphatic heterocycles. The zero-order valence-corrected chi connectivity index (χ0v) is 8.38. The Bertz CT molecular complexity index is 551. The fraction of sp³-hybridized carbons (Fsp3) is 0.100. The molecule has 1 heterocycles. The Morgan fingerprint density at radius 3 is 2.75 bits per heavy atom. The molecule has 0 saturated heterocycles. The van der Waals surface area contributed by atoms with E-state index in [2.05, 4.69) is 10.3 Å². The van der Waals surface area contributed by atoms with Gasteiger partial charge in [0.2, 0.25) is 0 Å². The molecule has 0 fully saturated rings. The molecule has 6 heteroatoms. The van der Waals surface area contributed by atoms with Crippen LogP contribution < -0.4 is 0 Å². The normalized spacial score (nSPS) is 10.4. The summed E-state index contributed by atoms with van der Waals surface area (Å²) < 4.78 is 14.6. The van der Waals surface area contributed by atoms with Gasteiger partial charge in [-0.25, -0.2) is 13.9 Å². The Hall–Kier alpha value is -2.24. The summed E-state index contributed by atoms with van der Waals surface area (Å²) in [5.74, 6) is -1.71. The molecule has 0 radical (unpaired) electrons. The molecule has 0 aliphatic carbocycles. The number of carboxylic acids is 1. The van der Waals surface area contributed by atoms with E-state index in [9.17, 15) is 9.18 Å². The highest BCUT2D eigenvalue weighted by molar-refractivity contribution is 5.92. The van der Waals surface area contributed by atoms with Gasteiger partial charge in [0.05, 0.1) is 0 Å². The Labute approximate surface area is 90.1 Å². The highest BCUT2D eigenvalue weighted by Gasteiger charge is 2.20. The third kappa shape index (κ3) is 1.54. The van der Waals surface area contributed by atoms with Crippen LogP contribution in [0.3, 0.4) is 0 Å². The molecule has 5 nitrogen and oxygen atoms in total. The van der Waals surface area contributed by atoms with Crippen molar-refractivity contribution in [3.8, 4) is 11.3 Å². The minimum atomic E-state index is -1.19. The number of carbonyl (C=O) groups is 1. The molecule has 1 aromatic carbocycles. The molecule has 0 aliphatic rings. The van der Waals surface area contributed by atoms with E-state index in [-0.39, 0.29) is 17.0 Å². The fourth-order valence-corrected chi connectivity index (χ4v) is 1.43. The van der Waals surface area contributed by atoms with Crippen LogP contribution in [0.1, 0.15) is 10.5 Å². The van der Waals surface area contributed by atoms with Gasteiger partial charge in [-0.15, -0.1) is 5.10 Å². The van der Waals surface area contributed by atoms with Gasteiger partial charge in [-0.1, -0.05) is 17.3 Å². The second kappa shape index (κ2) is 3.73. The topological polar surface area (TPSA) is 68.0 Å². The van der Waals surface area contributed by atoms with Crippen LogP contribution >= 0.6 is 0 Å². The Morgan fingerprint density at radius 1 is 1.44 bits per heavy atom. The van der Waals surface area contributed by atoms with Crippen molar-refractivity contribution in [2.75, 3.05) is 0 Å². The van der Waals surface area contributed by atoms with Gasteiger partial charge < -0.3 is 5.11 Å². The molecule has 0 unspecified atom stereocenters. The zero-order valence-electron chi connectivity index (χ0n) is 8.38. The van der Waals surface area contributed by atoms with Crippen LogP contribution in [0, 0.1) is 5.82 Å². The molecule has 1 aromatic heterocycles. The summed E-state index contributed by atoms with van der Waals surface area (Å²) in [6, 6.07) is 5.84. The largest absolute Gasteiger partial charge is 0.476 e. The van der Waals surface area contributed by atoms with Gasteiger partial charge >= 0.3 is 5.97 Å². The Balaban J connectivity index is 2.66. The number of aromatic nitrogens is 3. The van der Waals surface area contributed by atoms with Crippen LogP contribution in [0.15, 0.2) is 24.3 Å². The van der Waals surface area contributed by atoms with E-state index in [0.717, 1.165) is 4.68 Å². The second-order valence-electron chi connectivity index (χ2n) is 3.20. The van der Waals surface area contributed by atoms with Gasteiger partial charge in [-0.05, 0) is 12.1 Å². The first-order valence-corrected chi connectivity index (χ1v) is 4.49. The fourth-order valence-electron chi connectivity index (χ4n) is 1.43. The Kier molecular flexibility index (Phi) is 2.40. The number of halogens is 1. The van der Waals surface area contributed by atoms with Gasteiger partial charge in [-0.2, -0.15) is 0 Å². The lowest BCUT2D eigenvalue weighted by Crippen LogP contribution is -2.07. The summed E-state index contributed by atoms with van der Waals surface area (Å²) in [7, 11) is 1.45. The van der Waals surface area contributed by atoms with Crippen molar-refractivity contribution in [1.82, 2.24) is 15.0 Å². The Morgan fingerprint density at radius 2 is 2.12 bits per heavy atom. The molecule has 1 N–H and O–H groups in total. The minimum Gasteiger partial charge on any atom is -0.476 e. The SMILES string of the molecule is Cn1nnc(-c2ccccc2F)c1C(=O)O. The van der Waals surface area contributed by atoms with Gasteiger partial charge in [0.25, 0.3) is 0 Å². The van der Waals surface area contributed by atoms with E-state index in [1.807, 2.05) is 0 Å². The number of nitrogens with zero attached hydrogens (tertiary/aromatic N) is 3. The first kappa shape index (κ1) is 10.3. The molecular weight excluding hydrogens is 213 g/mol. The molecule has 0 spiro atoms. The average Bonchev–Trinajstić information content (AvgIpc) is 2.61. The number of hydrogen-bond donors (Lipinski definition) is 1. The summed E-state index contributed by atoms with van der Waals surface area (Å²) in [6.45, 7) is 0.